The molecular formula is C11H7IN2S3. The van der Waals surface area contributed by atoms with E-state index in [2.05, 4.69) is 44.7 Å². The lowest BCUT2D eigenvalue weighted by atomic mass is 10.4. The van der Waals surface area contributed by atoms with Crippen molar-refractivity contribution in [2.75, 3.05) is 0 Å². The zero-order chi connectivity index (χ0) is 11.8. The summed E-state index contributed by atoms with van der Waals surface area (Å²) >= 11 is 7.52. The Kier molecular flexibility index (Phi) is 3.29. The van der Waals surface area contributed by atoms with Crippen molar-refractivity contribution >= 4 is 56.6 Å². The molecule has 0 fully saturated rings. The number of hydrogen-bond acceptors (Lipinski definition) is 5. The molecular weight excluding hydrogens is 383 g/mol. The first kappa shape index (κ1) is 11.8. The highest BCUT2D eigenvalue weighted by atomic mass is 127. The topological polar surface area (TPSA) is 25.8 Å². The third kappa shape index (κ3) is 2.44. The van der Waals surface area contributed by atoms with Crippen LogP contribution >= 0.6 is 56.6 Å². The first-order valence-corrected chi connectivity index (χ1v) is 8.39. The lowest BCUT2D eigenvalue weighted by Gasteiger charge is -1.88. The number of aryl methyl sites for hydroxylation is 1. The number of nitrogens with zero attached hydrogens (tertiary/aromatic N) is 2. The van der Waals surface area contributed by atoms with Crippen molar-refractivity contribution in [2.45, 2.75) is 6.92 Å². The maximum atomic E-state index is 4.29. The van der Waals surface area contributed by atoms with Gasteiger partial charge in [-0.25, -0.2) is 9.97 Å². The van der Waals surface area contributed by atoms with Gasteiger partial charge in [0, 0.05) is 22.1 Å². The van der Waals surface area contributed by atoms with Crippen LogP contribution in [0.4, 0.5) is 0 Å². The summed E-state index contributed by atoms with van der Waals surface area (Å²) in [5, 5.41) is 1.11. The molecule has 3 aromatic heterocycles. The fourth-order valence-electron chi connectivity index (χ4n) is 1.44. The van der Waals surface area contributed by atoms with Crippen molar-refractivity contribution in [3.8, 4) is 19.5 Å². The first-order chi connectivity index (χ1) is 8.22. The Hall–Kier alpha value is -0.310. The van der Waals surface area contributed by atoms with E-state index < -0.39 is 0 Å². The summed E-state index contributed by atoms with van der Waals surface area (Å²) in [6, 6.07) is 4.33. The van der Waals surface area contributed by atoms with Crippen LogP contribution in [-0.4, -0.2) is 9.97 Å². The largest absolute Gasteiger partial charge is 0.249 e. The van der Waals surface area contributed by atoms with Crippen molar-refractivity contribution in [1.29, 1.82) is 0 Å². The highest BCUT2D eigenvalue weighted by Crippen LogP contribution is 2.38. The Morgan fingerprint density at radius 1 is 0.882 bits per heavy atom. The molecule has 0 aliphatic heterocycles. The average molecular weight is 390 g/mol. The van der Waals surface area contributed by atoms with Crippen molar-refractivity contribution in [3.05, 3.63) is 32.5 Å². The van der Waals surface area contributed by atoms with Crippen LogP contribution in [0.5, 0.6) is 0 Å². The average Bonchev–Trinajstić information content (AvgIpc) is 2.96. The maximum absolute atomic E-state index is 4.29. The molecule has 3 aromatic rings. The number of hydrogen-bond donors (Lipinski definition) is 0. The van der Waals surface area contributed by atoms with Crippen LogP contribution in [0.25, 0.3) is 19.5 Å². The normalized spacial score (nSPS) is 10.9. The van der Waals surface area contributed by atoms with Gasteiger partial charge >= 0.3 is 0 Å². The van der Waals surface area contributed by atoms with Crippen LogP contribution in [0.3, 0.4) is 0 Å². The van der Waals surface area contributed by atoms with Crippen LogP contribution < -0.4 is 0 Å². The Balaban J connectivity index is 1.98. The summed E-state index contributed by atoms with van der Waals surface area (Å²) in [5.41, 5.74) is 0. The molecule has 0 saturated carbocycles. The van der Waals surface area contributed by atoms with Gasteiger partial charge < -0.3 is 0 Å². The van der Waals surface area contributed by atoms with Crippen molar-refractivity contribution in [2.24, 2.45) is 0 Å². The summed E-state index contributed by atoms with van der Waals surface area (Å²) in [6.07, 6.45) is 3.89. The molecule has 0 aliphatic rings. The van der Waals surface area contributed by atoms with E-state index in [4.69, 9.17) is 0 Å². The minimum atomic E-state index is 1.08. The molecule has 0 unspecified atom stereocenters. The molecule has 0 saturated heterocycles. The third-order valence-corrected chi connectivity index (χ3v) is 6.30. The second kappa shape index (κ2) is 4.75. The molecule has 0 atom stereocenters. The lowest BCUT2D eigenvalue weighted by Crippen LogP contribution is -1.59. The molecule has 0 bridgehead atoms. The maximum Gasteiger partial charge on any atom is 0.154 e. The molecule has 3 heterocycles. The summed E-state index contributed by atoms with van der Waals surface area (Å²) in [4.78, 5) is 13.6. The molecule has 3 rings (SSSR count). The molecule has 0 radical (unpaired) electrons. The lowest BCUT2D eigenvalue weighted by molar-refractivity contribution is 1.30. The smallest absolute Gasteiger partial charge is 0.154 e. The van der Waals surface area contributed by atoms with Gasteiger partial charge in [-0.05, 0) is 41.6 Å². The fourth-order valence-corrected chi connectivity index (χ4v) is 4.87. The van der Waals surface area contributed by atoms with Crippen LogP contribution in [0.1, 0.15) is 5.01 Å². The number of halogens is 1. The molecule has 0 N–H and O–H groups in total. The third-order valence-electron chi connectivity index (χ3n) is 2.19. The number of thiazole rings is 2. The summed E-state index contributed by atoms with van der Waals surface area (Å²) < 4.78 is 1.08. The zero-order valence-electron chi connectivity index (χ0n) is 8.81. The van der Waals surface area contributed by atoms with Gasteiger partial charge in [-0.1, -0.05) is 0 Å². The van der Waals surface area contributed by atoms with E-state index in [-0.39, 0.29) is 0 Å². The summed E-state index contributed by atoms with van der Waals surface area (Å²) in [6.45, 7) is 2.04. The number of aromatic nitrogens is 2. The van der Waals surface area contributed by atoms with Crippen molar-refractivity contribution in [3.63, 3.8) is 0 Å². The van der Waals surface area contributed by atoms with E-state index in [1.165, 1.54) is 19.5 Å². The second-order valence-corrected chi connectivity index (χ2v) is 8.49. The number of rotatable bonds is 2. The van der Waals surface area contributed by atoms with Crippen LogP contribution in [0, 0.1) is 9.94 Å². The SMILES string of the molecule is Cc1ncc(-c2ccc(-c3cnc(I)s3)s2)s1. The van der Waals surface area contributed by atoms with Gasteiger partial charge in [-0.3, -0.25) is 0 Å². The van der Waals surface area contributed by atoms with Gasteiger partial charge in [0.15, 0.2) is 3.01 Å². The van der Waals surface area contributed by atoms with Gasteiger partial charge in [0.05, 0.1) is 14.8 Å². The van der Waals surface area contributed by atoms with Gasteiger partial charge in [-0.15, -0.1) is 34.0 Å². The summed E-state index contributed by atoms with van der Waals surface area (Å²) in [7, 11) is 0. The van der Waals surface area contributed by atoms with Gasteiger partial charge in [0.25, 0.3) is 0 Å². The predicted octanol–water partition coefficient (Wildman–Crippen LogP) is 4.91. The standard InChI is InChI=1S/C11H7IN2S3/c1-6-13-4-9(15-6)7-2-3-8(16-7)10-5-14-11(12)17-10/h2-5H,1H3. The van der Waals surface area contributed by atoms with Crippen molar-refractivity contribution < 1.29 is 0 Å². The zero-order valence-corrected chi connectivity index (χ0v) is 13.4. The Morgan fingerprint density at radius 2 is 1.53 bits per heavy atom. The van der Waals surface area contributed by atoms with Crippen molar-refractivity contribution in [1.82, 2.24) is 9.97 Å². The highest BCUT2D eigenvalue weighted by Gasteiger charge is 2.09. The quantitative estimate of drug-likeness (QED) is 0.582. The van der Waals surface area contributed by atoms with Gasteiger partial charge in [0.2, 0.25) is 0 Å². The van der Waals surface area contributed by atoms with E-state index in [1.54, 1.807) is 34.0 Å². The minimum Gasteiger partial charge on any atom is -0.249 e. The van der Waals surface area contributed by atoms with Gasteiger partial charge in [-0.2, -0.15) is 0 Å². The van der Waals surface area contributed by atoms with E-state index in [0.29, 0.717) is 0 Å². The summed E-state index contributed by atoms with van der Waals surface area (Å²) in [5.74, 6) is 0. The molecule has 0 aromatic carbocycles. The Labute approximate surface area is 125 Å². The molecule has 0 aliphatic carbocycles. The molecule has 0 amide bonds. The Morgan fingerprint density at radius 3 is 2.06 bits per heavy atom. The minimum absolute atomic E-state index is 1.08. The first-order valence-electron chi connectivity index (χ1n) is 4.87. The fraction of sp³-hybridized carbons (Fsp3) is 0.0909. The molecule has 86 valence electrons. The monoisotopic (exact) mass is 390 g/mol. The van der Waals surface area contributed by atoms with E-state index in [1.807, 2.05) is 19.3 Å². The second-order valence-electron chi connectivity index (χ2n) is 3.38. The molecule has 0 spiro atoms. The molecule has 17 heavy (non-hydrogen) atoms. The number of thiophene rings is 1. The molecule has 6 heteroatoms. The van der Waals surface area contributed by atoms with E-state index in [0.717, 1.165) is 8.02 Å². The Bertz CT molecular complexity index is 598. The van der Waals surface area contributed by atoms with Crippen LogP contribution in [0.15, 0.2) is 24.5 Å². The van der Waals surface area contributed by atoms with Crippen LogP contribution in [0.2, 0.25) is 0 Å². The van der Waals surface area contributed by atoms with E-state index >= 15 is 0 Å². The predicted molar refractivity (Wildman–Crippen MR) is 84.0 cm³/mol. The highest BCUT2D eigenvalue weighted by molar-refractivity contribution is 14.1. The molecule has 2 nitrogen and oxygen atoms in total. The van der Waals surface area contributed by atoms with Gasteiger partial charge in [0.1, 0.15) is 0 Å². The van der Waals surface area contributed by atoms with Crippen LogP contribution in [-0.2, 0) is 0 Å². The van der Waals surface area contributed by atoms with E-state index in [9.17, 15) is 0 Å².